The monoisotopic (exact) mass is 306 g/mol. The van der Waals surface area contributed by atoms with E-state index in [4.69, 9.17) is 14.7 Å². The minimum Gasteiger partial charge on any atom is -0.477 e. The van der Waals surface area contributed by atoms with Gasteiger partial charge in [0.2, 0.25) is 0 Å². The van der Waals surface area contributed by atoms with E-state index < -0.39 is 5.97 Å². The van der Waals surface area contributed by atoms with E-state index in [0.29, 0.717) is 25.0 Å². The molecule has 0 aromatic carbocycles. The number of carbonyl (C=O) groups excluding carboxylic acids is 1. The summed E-state index contributed by atoms with van der Waals surface area (Å²) in [6.07, 6.45) is 7.39. The predicted octanol–water partition coefficient (Wildman–Crippen LogP) is 3.00. The van der Waals surface area contributed by atoms with Crippen molar-refractivity contribution < 1.29 is 14.3 Å². The van der Waals surface area contributed by atoms with Crippen LogP contribution in [0.3, 0.4) is 0 Å². The van der Waals surface area contributed by atoms with E-state index in [1.165, 1.54) is 6.08 Å². The van der Waals surface area contributed by atoms with Gasteiger partial charge in [-0.25, -0.2) is 4.79 Å². The Bertz CT molecular complexity index is 463. The number of allylic oxidation sites excluding steroid dienone is 2. The number of ether oxygens (including phenoxy) is 2. The highest BCUT2D eigenvalue weighted by Gasteiger charge is 2.15. The molecular weight excluding hydrogens is 280 g/mol. The number of likely N-dealkylation sites (N-methyl/N-ethyl adjacent to an activating group) is 1. The molecule has 0 aromatic heterocycles. The Kier molecular flexibility index (Phi) is 8.13. The lowest BCUT2D eigenvalue weighted by Gasteiger charge is -2.14. The lowest BCUT2D eigenvalue weighted by Crippen LogP contribution is -2.15. The summed E-state index contributed by atoms with van der Waals surface area (Å²) in [7, 11) is 1.90. The molecule has 0 saturated carbocycles. The summed E-state index contributed by atoms with van der Waals surface area (Å²) >= 11 is 0. The lowest BCUT2D eigenvalue weighted by molar-refractivity contribution is -0.140. The molecule has 0 amide bonds. The van der Waals surface area contributed by atoms with Gasteiger partial charge in [0.25, 0.3) is 0 Å². The van der Waals surface area contributed by atoms with Gasteiger partial charge in [0.15, 0.2) is 5.88 Å². The minimum atomic E-state index is -0.560. The molecule has 1 aliphatic rings. The Morgan fingerprint density at radius 3 is 2.86 bits per heavy atom. The van der Waals surface area contributed by atoms with E-state index in [0.717, 1.165) is 32.2 Å². The summed E-state index contributed by atoms with van der Waals surface area (Å²) in [5.41, 5.74) is 0.00162. The van der Waals surface area contributed by atoms with Gasteiger partial charge in [-0.15, -0.1) is 0 Å². The highest BCUT2D eigenvalue weighted by molar-refractivity contribution is 5.93. The van der Waals surface area contributed by atoms with Crippen molar-refractivity contribution in [2.24, 2.45) is 5.92 Å². The molecule has 5 nitrogen and oxygen atoms in total. The van der Waals surface area contributed by atoms with Crippen molar-refractivity contribution in [2.45, 2.75) is 39.5 Å². The normalized spacial score (nSPS) is 18.0. The topological polar surface area (TPSA) is 62.6 Å². The molecule has 1 aliphatic heterocycles. The van der Waals surface area contributed by atoms with E-state index >= 15 is 0 Å². The van der Waals surface area contributed by atoms with Crippen molar-refractivity contribution in [1.29, 1.82) is 5.26 Å². The second-order valence-electron chi connectivity index (χ2n) is 5.48. The molecule has 22 heavy (non-hydrogen) atoms. The average molecular weight is 306 g/mol. The minimum absolute atomic E-state index is 0.00162. The standard InChI is InChI=1S/C17H26N2O3/c1-4-6-7-14(5-2)13-22-17(20)15(12-18)8-9-16-19(3)10-11-21-16/h8-9,14H,4-7,10-11,13H2,1-3H3/b15-8+,16-9+/t14-/m1/s1. The van der Waals surface area contributed by atoms with Crippen LogP contribution in [-0.4, -0.2) is 37.7 Å². The fraction of sp³-hybridized carbons (Fsp3) is 0.647. The molecule has 1 rings (SSSR count). The molecule has 1 heterocycles. The number of unbranched alkanes of at least 4 members (excludes halogenated alkanes) is 1. The van der Waals surface area contributed by atoms with E-state index in [9.17, 15) is 4.79 Å². The van der Waals surface area contributed by atoms with Crippen LogP contribution in [0.25, 0.3) is 0 Å². The van der Waals surface area contributed by atoms with Gasteiger partial charge in [-0.2, -0.15) is 5.26 Å². The maximum atomic E-state index is 12.0. The molecule has 5 heteroatoms. The Balaban J connectivity index is 2.55. The van der Waals surface area contributed by atoms with Gasteiger partial charge in [0, 0.05) is 7.05 Å². The third kappa shape index (κ3) is 5.80. The zero-order valence-electron chi connectivity index (χ0n) is 13.8. The summed E-state index contributed by atoms with van der Waals surface area (Å²) < 4.78 is 10.7. The number of esters is 1. The molecule has 0 aromatic rings. The summed E-state index contributed by atoms with van der Waals surface area (Å²) in [5, 5.41) is 9.10. The summed E-state index contributed by atoms with van der Waals surface area (Å²) in [5.74, 6) is 0.469. The van der Waals surface area contributed by atoms with Crippen LogP contribution in [0, 0.1) is 17.2 Å². The Hall–Kier alpha value is -1.96. The first kappa shape index (κ1) is 18.1. The molecule has 1 fully saturated rings. The smallest absolute Gasteiger partial charge is 0.348 e. The highest BCUT2D eigenvalue weighted by Crippen LogP contribution is 2.14. The van der Waals surface area contributed by atoms with E-state index in [1.54, 1.807) is 6.08 Å². The Morgan fingerprint density at radius 2 is 2.32 bits per heavy atom. The first-order valence-corrected chi connectivity index (χ1v) is 7.95. The van der Waals surface area contributed by atoms with Crippen molar-refractivity contribution in [2.75, 3.05) is 26.8 Å². The maximum Gasteiger partial charge on any atom is 0.348 e. The van der Waals surface area contributed by atoms with E-state index in [-0.39, 0.29) is 5.57 Å². The number of hydrogen-bond acceptors (Lipinski definition) is 5. The van der Waals surface area contributed by atoms with E-state index in [1.807, 2.05) is 18.0 Å². The zero-order chi connectivity index (χ0) is 16.4. The highest BCUT2D eigenvalue weighted by atomic mass is 16.5. The predicted molar refractivity (Wildman–Crippen MR) is 84.6 cm³/mol. The van der Waals surface area contributed by atoms with Crippen LogP contribution in [0.5, 0.6) is 0 Å². The zero-order valence-corrected chi connectivity index (χ0v) is 13.8. The lowest BCUT2D eigenvalue weighted by atomic mass is 10.0. The number of hydrogen-bond donors (Lipinski definition) is 0. The second-order valence-corrected chi connectivity index (χ2v) is 5.48. The SMILES string of the molecule is CCCC[C@@H](CC)COC(=O)/C(C#N)=C/C=C1/OCCN1C. The first-order valence-electron chi connectivity index (χ1n) is 7.95. The van der Waals surface area contributed by atoms with Crippen molar-refractivity contribution >= 4 is 5.97 Å². The molecule has 0 radical (unpaired) electrons. The Labute approximate surface area is 133 Å². The van der Waals surface area contributed by atoms with Crippen LogP contribution < -0.4 is 0 Å². The molecule has 122 valence electrons. The molecule has 1 atom stereocenters. The van der Waals surface area contributed by atoms with Gasteiger partial charge in [-0.1, -0.05) is 33.1 Å². The Morgan fingerprint density at radius 1 is 1.55 bits per heavy atom. The van der Waals surface area contributed by atoms with Gasteiger partial charge in [-0.05, 0) is 24.5 Å². The van der Waals surface area contributed by atoms with Crippen LogP contribution in [0.1, 0.15) is 39.5 Å². The molecule has 1 saturated heterocycles. The van der Waals surface area contributed by atoms with Crippen molar-refractivity contribution in [3.05, 3.63) is 23.6 Å². The number of carbonyl (C=O) groups is 1. The van der Waals surface area contributed by atoms with Gasteiger partial charge in [0.1, 0.15) is 18.2 Å². The van der Waals surface area contributed by atoms with E-state index in [2.05, 4.69) is 13.8 Å². The molecule has 0 unspecified atom stereocenters. The molecular formula is C17H26N2O3. The fourth-order valence-corrected chi connectivity index (χ4v) is 2.16. The van der Waals surface area contributed by atoms with Crippen molar-refractivity contribution in [3.8, 4) is 6.07 Å². The summed E-state index contributed by atoms with van der Waals surface area (Å²) in [4.78, 5) is 13.9. The molecule has 0 N–H and O–H groups in total. The van der Waals surface area contributed by atoms with Crippen LogP contribution in [0.15, 0.2) is 23.6 Å². The number of nitriles is 1. The third-order valence-electron chi connectivity index (χ3n) is 3.78. The number of nitrogens with zero attached hydrogens (tertiary/aromatic N) is 2. The van der Waals surface area contributed by atoms with Crippen molar-refractivity contribution in [1.82, 2.24) is 4.90 Å². The van der Waals surface area contributed by atoms with Crippen LogP contribution >= 0.6 is 0 Å². The van der Waals surface area contributed by atoms with Crippen LogP contribution in [0.2, 0.25) is 0 Å². The molecule has 0 bridgehead atoms. The van der Waals surface area contributed by atoms with Crippen LogP contribution in [0.4, 0.5) is 0 Å². The number of rotatable bonds is 8. The van der Waals surface area contributed by atoms with Gasteiger partial charge < -0.3 is 14.4 Å². The van der Waals surface area contributed by atoms with Gasteiger partial charge >= 0.3 is 5.97 Å². The average Bonchev–Trinajstić information content (AvgIpc) is 2.93. The molecule has 0 aliphatic carbocycles. The third-order valence-corrected chi connectivity index (χ3v) is 3.78. The van der Waals surface area contributed by atoms with Gasteiger partial charge in [-0.3, -0.25) is 0 Å². The summed E-state index contributed by atoms with van der Waals surface area (Å²) in [6, 6.07) is 1.89. The second kappa shape index (κ2) is 9.88. The largest absolute Gasteiger partial charge is 0.477 e. The van der Waals surface area contributed by atoms with Crippen LogP contribution in [-0.2, 0) is 14.3 Å². The van der Waals surface area contributed by atoms with Gasteiger partial charge in [0.05, 0.1) is 13.2 Å². The first-order chi connectivity index (χ1) is 10.6. The van der Waals surface area contributed by atoms with Crippen molar-refractivity contribution in [3.63, 3.8) is 0 Å². The summed E-state index contributed by atoms with van der Waals surface area (Å²) in [6.45, 7) is 6.04. The molecule has 0 spiro atoms. The quantitative estimate of drug-likeness (QED) is 0.392. The fourth-order valence-electron chi connectivity index (χ4n) is 2.16. The maximum absolute atomic E-state index is 12.0.